The molecule has 0 aliphatic heterocycles. The number of nitrogens with one attached hydrogen (secondary N) is 2. The quantitative estimate of drug-likeness (QED) is 0.207. The Kier molecular flexibility index (Phi) is 11.1. The van der Waals surface area contributed by atoms with E-state index in [1.165, 1.54) is 12.1 Å². The number of ether oxygens (including phenoxy) is 1. The lowest BCUT2D eigenvalue weighted by Gasteiger charge is -2.31. The van der Waals surface area contributed by atoms with Gasteiger partial charge in [0.25, 0.3) is 0 Å². The second-order valence-electron chi connectivity index (χ2n) is 10.0. The second kappa shape index (κ2) is 15.2. The molecular weight excluding hydrogens is 566 g/mol. The van der Waals surface area contributed by atoms with Gasteiger partial charge in [0.1, 0.15) is 17.6 Å². The van der Waals surface area contributed by atoms with E-state index in [2.05, 4.69) is 10.0 Å². The monoisotopic (exact) mass is 603 g/mol. The number of benzene rings is 3. The molecule has 0 aliphatic carbocycles. The van der Waals surface area contributed by atoms with Crippen LogP contribution in [-0.2, 0) is 45.5 Å². The molecule has 0 spiro atoms. The van der Waals surface area contributed by atoms with Gasteiger partial charge in [-0.3, -0.25) is 9.59 Å². The Bertz CT molecular complexity index is 1560. The molecular formula is C33H37N3O6S. The minimum absolute atomic E-state index is 0.131. The molecule has 0 saturated heterocycles. The van der Waals surface area contributed by atoms with Gasteiger partial charge in [0, 0.05) is 25.9 Å². The smallest absolute Gasteiger partial charge is 0.243 e. The molecule has 9 nitrogen and oxygen atoms in total. The first kappa shape index (κ1) is 31.5. The van der Waals surface area contributed by atoms with E-state index in [0.29, 0.717) is 30.9 Å². The number of hydrogen-bond donors (Lipinski definition) is 2. The van der Waals surface area contributed by atoms with Crippen LogP contribution in [0.4, 0.5) is 0 Å². The second-order valence-corrected chi connectivity index (χ2v) is 11.8. The number of methoxy groups -OCH3 is 1. The summed E-state index contributed by atoms with van der Waals surface area (Å²) in [6.07, 6.45) is 2.38. The number of aryl methyl sites for hydroxylation is 1. The van der Waals surface area contributed by atoms with Gasteiger partial charge in [0.15, 0.2) is 0 Å². The molecule has 4 rings (SSSR count). The summed E-state index contributed by atoms with van der Waals surface area (Å²) in [5.74, 6) is 0.812. The first-order chi connectivity index (χ1) is 20.8. The molecule has 0 radical (unpaired) electrons. The zero-order valence-corrected chi connectivity index (χ0v) is 25.2. The number of carbonyl (C=O) groups is 2. The average Bonchev–Trinajstić information content (AvgIpc) is 3.55. The molecule has 10 heteroatoms. The Balaban J connectivity index is 1.58. The number of rotatable bonds is 15. The first-order valence-corrected chi connectivity index (χ1v) is 15.6. The van der Waals surface area contributed by atoms with Gasteiger partial charge < -0.3 is 19.4 Å². The van der Waals surface area contributed by atoms with E-state index in [9.17, 15) is 18.0 Å². The predicted molar refractivity (Wildman–Crippen MR) is 164 cm³/mol. The van der Waals surface area contributed by atoms with Crippen LogP contribution in [-0.4, -0.2) is 44.8 Å². The zero-order valence-electron chi connectivity index (χ0n) is 24.4. The summed E-state index contributed by atoms with van der Waals surface area (Å²) in [6.45, 7) is 2.43. The molecule has 0 unspecified atom stereocenters. The topological polar surface area (TPSA) is 118 Å². The highest BCUT2D eigenvalue weighted by Crippen LogP contribution is 2.20. The van der Waals surface area contributed by atoms with Crippen LogP contribution in [0.15, 0.2) is 107 Å². The van der Waals surface area contributed by atoms with Crippen LogP contribution >= 0.6 is 0 Å². The number of carbonyl (C=O) groups excluding carboxylic acids is 2. The van der Waals surface area contributed by atoms with Crippen LogP contribution < -0.4 is 14.8 Å². The van der Waals surface area contributed by atoms with Crippen LogP contribution in [0, 0.1) is 0 Å². The highest BCUT2D eigenvalue weighted by atomic mass is 32.2. The van der Waals surface area contributed by atoms with E-state index in [1.807, 2.05) is 54.6 Å². The molecule has 3 aromatic carbocycles. The van der Waals surface area contributed by atoms with Crippen LogP contribution in [0.3, 0.4) is 0 Å². The Hall–Kier alpha value is -4.41. The van der Waals surface area contributed by atoms with Gasteiger partial charge in [-0.25, -0.2) is 13.1 Å². The first-order valence-electron chi connectivity index (χ1n) is 14.1. The summed E-state index contributed by atoms with van der Waals surface area (Å²) in [6, 6.07) is 26.2. The third kappa shape index (κ3) is 9.04. The van der Waals surface area contributed by atoms with Crippen molar-refractivity contribution in [3.8, 4) is 5.75 Å². The van der Waals surface area contributed by atoms with Crippen molar-refractivity contribution in [3.63, 3.8) is 0 Å². The summed E-state index contributed by atoms with van der Waals surface area (Å²) < 4.78 is 37.8. The van der Waals surface area contributed by atoms with Crippen molar-refractivity contribution >= 4 is 21.8 Å². The fourth-order valence-corrected chi connectivity index (χ4v) is 5.73. The largest absolute Gasteiger partial charge is 0.497 e. The van der Waals surface area contributed by atoms with Gasteiger partial charge in [-0.2, -0.15) is 0 Å². The van der Waals surface area contributed by atoms with E-state index in [0.717, 1.165) is 16.7 Å². The van der Waals surface area contributed by atoms with Crippen LogP contribution in [0.25, 0.3) is 0 Å². The lowest BCUT2D eigenvalue weighted by molar-refractivity contribution is -0.141. The molecule has 43 heavy (non-hydrogen) atoms. The third-order valence-corrected chi connectivity index (χ3v) is 8.56. The van der Waals surface area contributed by atoms with Crippen LogP contribution in [0.5, 0.6) is 5.75 Å². The van der Waals surface area contributed by atoms with E-state index < -0.39 is 16.1 Å². The Morgan fingerprint density at radius 1 is 0.884 bits per heavy atom. The maximum atomic E-state index is 13.9. The van der Waals surface area contributed by atoms with Gasteiger partial charge in [0.05, 0.1) is 24.8 Å². The van der Waals surface area contributed by atoms with Crippen LogP contribution in [0.1, 0.15) is 35.8 Å². The van der Waals surface area contributed by atoms with Crippen molar-refractivity contribution in [1.82, 2.24) is 14.9 Å². The van der Waals surface area contributed by atoms with Gasteiger partial charge in [0.2, 0.25) is 21.8 Å². The lowest BCUT2D eigenvalue weighted by atomic mass is 10.0. The van der Waals surface area contributed by atoms with Crippen molar-refractivity contribution in [1.29, 1.82) is 0 Å². The Morgan fingerprint density at radius 3 is 2.21 bits per heavy atom. The normalized spacial score (nSPS) is 12.0. The molecule has 0 saturated carbocycles. The van der Waals surface area contributed by atoms with Crippen molar-refractivity contribution in [2.75, 3.05) is 13.7 Å². The van der Waals surface area contributed by atoms with Crippen molar-refractivity contribution < 1.29 is 27.2 Å². The van der Waals surface area contributed by atoms with Crippen molar-refractivity contribution in [2.45, 2.75) is 50.2 Å². The lowest BCUT2D eigenvalue weighted by Crippen LogP contribution is -2.50. The minimum atomic E-state index is -3.57. The number of hydrogen-bond acceptors (Lipinski definition) is 6. The highest BCUT2D eigenvalue weighted by Gasteiger charge is 2.30. The fourth-order valence-electron chi connectivity index (χ4n) is 4.69. The maximum absolute atomic E-state index is 13.9. The van der Waals surface area contributed by atoms with E-state index in [1.54, 1.807) is 49.5 Å². The summed E-state index contributed by atoms with van der Waals surface area (Å²) in [4.78, 5) is 29.4. The van der Waals surface area contributed by atoms with Crippen molar-refractivity contribution in [2.24, 2.45) is 0 Å². The summed E-state index contributed by atoms with van der Waals surface area (Å²) in [5, 5.41) is 2.94. The standard InChI is InChI=1S/C33H37N3O6S/c1-3-35-43(39,40)30-18-13-25(14-19-30)15-20-32(37)36(24-27-11-16-28(41-2)17-12-27)31(22-26-8-5-4-6-9-26)33(38)34-23-29-10-7-21-42-29/h4-14,16-19,21,31,35H,3,15,20,22-24H2,1-2H3,(H,34,38)/t31-/m0/s1. The number of amides is 2. The average molecular weight is 604 g/mol. The molecule has 1 heterocycles. The number of furan rings is 1. The molecule has 0 fully saturated rings. The molecule has 0 aliphatic rings. The molecule has 0 bridgehead atoms. The molecule has 1 aromatic heterocycles. The highest BCUT2D eigenvalue weighted by molar-refractivity contribution is 7.89. The van der Waals surface area contributed by atoms with Crippen molar-refractivity contribution in [3.05, 3.63) is 120 Å². The SMILES string of the molecule is CCNS(=O)(=O)c1ccc(CCC(=O)N(Cc2ccc(OC)cc2)[C@@H](Cc2ccccc2)C(=O)NCc2ccco2)cc1. The summed E-state index contributed by atoms with van der Waals surface area (Å²) in [5.41, 5.74) is 2.59. The van der Waals surface area contributed by atoms with Gasteiger partial charge in [-0.05, 0) is 59.5 Å². The third-order valence-electron chi connectivity index (χ3n) is 7.00. The van der Waals surface area contributed by atoms with E-state index in [-0.39, 0.29) is 36.2 Å². The number of sulfonamides is 1. The number of nitrogens with zero attached hydrogens (tertiary/aromatic N) is 1. The van der Waals surface area contributed by atoms with E-state index in [4.69, 9.17) is 9.15 Å². The van der Waals surface area contributed by atoms with E-state index >= 15 is 0 Å². The predicted octanol–water partition coefficient (Wildman–Crippen LogP) is 4.48. The van der Waals surface area contributed by atoms with Gasteiger partial charge in [-0.15, -0.1) is 0 Å². The zero-order chi connectivity index (χ0) is 30.7. The Morgan fingerprint density at radius 2 is 1.58 bits per heavy atom. The molecule has 226 valence electrons. The Labute approximate surface area is 252 Å². The maximum Gasteiger partial charge on any atom is 0.243 e. The van der Waals surface area contributed by atoms with Gasteiger partial charge >= 0.3 is 0 Å². The molecule has 2 N–H and O–H groups in total. The summed E-state index contributed by atoms with van der Waals surface area (Å²) in [7, 11) is -1.98. The molecule has 2 amide bonds. The van der Waals surface area contributed by atoms with Crippen LogP contribution in [0.2, 0.25) is 0 Å². The fraction of sp³-hybridized carbons (Fsp3) is 0.273. The molecule has 1 atom stereocenters. The summed E-state index contributed by atoms with van der Waals surface area (Å²) >= 11 is 0. The molecule has 4 aromatic rings. The van der Waals surface area contributed by atoms with Gasteiger partial charge in [-0.1, -0.05) is 61.5 Å². The minimum Gasteiger partial charge on any atom is -0.497 e.